The maximum atomic E-state index is 9.64. The predicted molar refractivity (Wildman–Crippen MR) is 136 cm³/mol. The number of anilines is 2. The minimum atomic E-state index is -0.222. The van der Waals surface area contributed by atoms with Crippen molar-refractivity contribution in [1.29, 1.82) is 0 Å². The zero-order valence-electron chi connectivity index (χ0n) is 19.9. The van der Waals surface area contributed by atoms with Gasteiger partial charge in [0.1, 0.15) is 11.0 Å². The Labute approximate surface area is 203 Å². The molecule has 1 fully saturated rings. The summed E-state index contributed by atoms with van der Waals surface area (Å²) in [5.41, 5.74) is 10.6. The van der Waals surface area contributed by atoms with Crippen LogP contribution in [-0.4, -0.2) is 71.7 Å². The number of β-amino-alcohol motifs (C(OH)–C–C–N with tert-alkyl or cyclic N) is 1. The number of hydrogen-bond donors (Lipinski definition) is 4. The molecule has 10 nitrogen and oxygen atoms in total. The molecule has 0 bridgehead atoms. The van der Waals surface area contributed by atoms with Gasteiger partial charge in [-0.1, -0.05) is 31.5 Å². The number of likely N-dealkylation sites (tertiary alicyclic amines) is 1. The van der Waals surface area contributed by atoms with Crippen molar-refractivity contribution in [3.63, 3.8) is 0 Å². The molecule has 3 aromatic heterocycles. The van der Waals surface area contributed by atoms with E-state index in [1.54, 1.807) is 6.20 Å². The SMILES string of the molecule is CCC[C@@H](CCO)Nc1nc(N)nc2cnn(Cc3ccc(CN4CC(O)C4)c4cccnc34)c12. The van der Waals surface area contributed by atoms with Crippen LogP contribution in [-0.2, 0) is 13.1 Å². The monoisotopic (exact) mass is 476 g/mol. The van der Waals surface area contributed by atoms with Crippen molar-refractivity contribution < 1.29 is 10.2 Å². The van der Waals surface area contributed by atoms with Crippen LogP contribution < -0.4 is 11.1 Å². The minimum Gasteiger partial charge on any atom is -0.396 e. The van der Waals surface area contributed by atoms with E-state index in [0.717, 1.165) is 41.4 Å². The highest BCUT2D eigenvalue weighted by Crippen LogP contribution is 2.27. The Morgan fingerprint density at radius 2 is 1.97 bits per heavy atom. The van der Waals surface area contributed by atoms with Crippen LogP contribution in [0.2, 0.25) is 0 Å². The van der Waals surface area contributed by atoms with Crippen LogP contribution in [0.25, 0.3) is 21.9 Å². The first-order valence-corrected chi connectivity index (χ1v) is 12.2. The van der Waals surface area contributed by atoms with E-state index in [-0.39, 0.29) is 24.7 Å². The van der Waals surface area contributed by atoms with Crippen LogP contribution in [0.15, 0.2) is 36.7 Å². The second-order valence-corrected chi connectivity index (χ2v) is 9.24. The first-order valence-electron chi connectivity index (χ1n) is 12.2. The zero-order valence-corrected chi connectivity index (χ0v) is 19.9. The first kappa shape index (κ1) is 23.4. The molecule has 4 aromatic rings. The van der Waals surface area contributed by atoms with E-state index in [9.17, 15) is 10.2 Å². The van der Waals surface area contributed by atoms with E-state index in [1.165, 1.54) is 5.56 Å². The van der Waals surface area contributed by atoms with Crippen LogP contribution in [0.5, 0.6) is 0 Å². The number of aliphatic hydroxyl groups is 2. The van der Waals surface area contributed by atoms with E-state index < -0.39 is 0 Å². The van der Waals surface area contributed by atoms with Crippen molar-refractivity contribution in [2.24, 2.45) is 0 Å². The van der Waals surface area contributed by atoms with Gasteiger partial charge in [-0.2, -0.15) is 10.1 Å². The van der Waals surface area contributed by atoms with Crippen molar-refractivity contribution in [3.8, 4) is 0 Å². The van der Waals surface area contributed by atoms with Gasteiger partial charge in [0, 0.05) is 43.9 Å². The topological polar surface area (TPSA) is 138 Å². The molecule has 0 unspecified atom stereocenters. The Hall–Kier alpha value is -3.34. The summed E-state index contributed by atoms with van der Waals surface area (Å²) in [5.74, 6) is 0.813. The molecule has 184 valence electrons. The Morgan fingerprint density at radius 1 is 1.14 bits per heavy atom. The van der Waals surface area contributed by atoms with Gasteiger partial charge in [0.2, 0.25) is 5.95 Å². The number of nitrogens with one attached hydrogen (secondary N) is 1. The molecule has 35 heavy (non-hydrogen) atoms. The third-order valence-electron chi connectivity index (χ3n) is 6.56. The van der Waals surface area contributed by atoms with Crippen LogP contribution in [0.4, 0.5) is 11.8 Å². The highest BCUT2D eigenvalue weighted by Gasteiger charge is 2.25. The molecule has 1 saturated heterocycles. The molecule has 0 amide bonds. The van der Waals surface area contributed by atoms with E-state index in [2.05, 4.69) is 50.4 Å². The molecule has 0 saturated carbocycles. The van der Waals surface area contributed by atoms with Gasteiger partial charge in [0.15, 0.2) is 5.82 Å². The smallest absolute Gasteiger partial charge is 0.222 e. The Bertz CT molecular complexity index is 1310. The van der Waals surface area contributed by atoms with Crippen LogP contribution in [0, 0.1) is 0 Å². The number of aliphatic hydroxyl groups excluding tert-OH is 2. The van der Waals surface area contributed by atoms with Gasteiger partial charge >= 0.3 is 0 Å². The fourth-order valence-electron chi connectivity index (χ4n) is 4.85. The average molecular weight is 477 g/mol. The molecule has 1 aliphatic heterocycles. The summed E-state index contributed by atoms with van der Waals surface area (Å²) in [6.45, 7) is 4.91. The molecular formula is C25H32N8O2. The van der Waals surface area contributed by atoms with Gasteiger partial charge in [-0.15, -0.1) is 0 Å². The molecule has 1 aliphatic rings. The molecule has 0 aliphatic carbocycles. The van der Waals surface area contributed by atoms with Crippen molar-refractivity contribution >= 4 is 33.7 Å². The molecule has 5 N–H and O–H groups in total. The van der Waals surface area contributed by atoms with E-state index >= 15 is 0 Å². The maximum Gasteiger partial charge on any atom is 0.222 e. The van der Waals surface area contributed by atoms with E-state index in [0.29, 0.717) is 37.4 Å². The number of hydrogen-bond acceptors (Lipinski definition) is 9. The molecule has 0 spiro atoms. The number of pyridine rings is 1. The summed E-state index contributed by atoms with van der Waals surface area (Å²) in [6.07, 6.45) is 5.81. The van der Waals surface area contributed by atoms with E-state index in [1.807, 2.05) is 16.9 Å². The lowest BCUT2D eigenvalue weighted by molar-refractivity contribution is -0.00263. The number of fused-ring (bicyclic) bond motifs is 2. The summed E-state index contributed by atoms with van der Waals surface area (Å²) in [4.78, 5) is 15.8. The molecule has 1 aromatic carbocycles. The summed E-state index contributed by atoms with van der Waals surface area (Å²) >= 11 is 0. The molecule has 1 atom stereocenters. The van der Waals surface area contributed by atoms with Gasteiger partial charge in [-0.05, 0) is 30.0 Å². The predicted octanol–water partition coefficient (Wildman–Crippen LogP) is 2.14. The Balaban J connectivity index is 1.49. The molecule has 4 heterocycles. The first-order chi connectivity index (χ1) is 17.1. The average Bonchev–Trinajstić information content (AvgIpc) is 3.22. The second kappa shape index (κ2) is 10.1. The number of nitrogens with zero attached hydrogens (tertiary/aromatic N) is 6. The Kier molecular flexibility index (Phi) is 6.76. The molecule has 10 heteroatoms. The number of rotatable bonds is 10. The summed E-state index contributed by atoms with van der Waals surface area (Å²) in [5, 5.41) is 28.3. The van der Waals surface area contributed by atoms with Gasteiger partial charge in [-0.25, -0.2) is 4.98 Å². The molecular weight excluding hydrogens is 444 g/mol. The quantitative estimate of drug-likeness (QED) is 0.271. The summed E-state index contributed by atoms with van der Waals surface area (Å²) < 4.78 is 1.88. The standard InChI is InChI=1S/C25H32N8O2/c1-2-4-18(8-10-34)29-24-23-21(30-25(26)31-24)11-28-33(23)13-17-7-6-16(12-32-14-19(35)15-32)20-5-3-9-27-22(17)20/h3,5-7,9,11,18-19,34-35H,2,4,8,10,12-15H2,1H3,(H3,26,29,30,31)/t18-/m0/s1. The van der Waals surface area contributed by atoms with Crippen molar-refractivity contribution in [1.82, 2.24) is 29.6 Å². The summed E-state index contributed by atoms with van der Waals surface area (Å²) in [6, 6.07) is 8.37. The number of nitrogen functional groups attached to an aromatic ring is 1. The fraction of sp³-hybridized carbons (Fsp3) is 0.440. The second-order valence-electron chi connectivity index (χ2n) is 9.24. The van der Waals surface area contributed by atoms with E-state index in [4.69, 9.17) is 10.7 Å². The normalized spacial score (nSPS) is 15.5. The van der Waals surface area contributed by atoms with Gasteiger partial charge < -0.3 is 21.3 Å². The van der Waals surface area contributed by atoms with Gasteiger partial charge in [0.05, 0.1) is 24.4 Å². The maximum absolute atomic E-state index is 9.64. The van der Waals surface area contributed by atoms with Crippen LogP contribution in [0.3, 0.4) is 0 Å². The van der Waals surface area contributed by atoms with Gasteiger partial charge in [0.25, 0.3) is 0 Å². The fourth-order valence-corrected chi connectivity index (χ4v) is 4.85. The highest BCUT2D eigenvalue weighted by atomic mass is 16.3. The lowest BCUT2D eigenvalue weighted by atomic mass is 10.0. The number of nitrogens with two attached hydrogens (primary N) is 1. The number of benzene rings is 1. The minimum absolute atomic E-state index is 0.0765. The van der Waals surface area contributed by atoms with Crippen LogP contribution >= 0.6 is 0 Å². The van der Waals surface area contributed by atoms with Crippen molar-refractivity contribution in [2.45, 2.75) is 51.4 Å². The van der Waals surface area contributed by atoms with Gasteiger partial charge in [-0.3, -0.25) is 14.6 Å². The largest absolute Gasteiger partial charge is 0.396 e. The zero-order chi connectivity index (χ0) is 24.4. The summed E-state index contributed by atoms with van der Waals surface area (Å²) in [7, 11) is 0. The van der Waals surface area contributed by atoms with Crippen LogP contribution in [0.1, 0.15) is 37.3 Å². The Morgan fingerprint density at radius 3 is 2.74 bits per heavy atom. The third-order valence-corrected chi connectivity index (χ3v) is 6.56. The third kappa shape index (κ3) is 4.90. The molecule has 0 radical (unpaired) electrons. The highest BCUT2D eigenvalue weighted by molar-refractivity contribution is 5.88. The lowest BCUT2D eigenvalue weighted by Crippen LogP contribution is -2.49. The van der Waals surface area contributed by atoms with Crippen molar-refractivity contribution in [2.75, 3.05) is 30.7 Å². The lowest BCUT2D eigenvalue weighted by Gasteiger charge is -2.36. The van der Waals surface area contributed by atoms with Crippen molar-refractivity contribution in [3.05, 3.63) is 47.8 Å². The number of aromatic nitrogens is 5. The molecule has 5 rings (SSSR count).